The van der Waals surface area contributed by atoms with Crippen LogP contribution in [0, 0.1) is 47.9 Å². The van der Waals surface area contributed by atoms with E-state index < -0.39 is 24.7 Å². The molecule has 13 nitrogen and oxygen atoms in total. The van der Waals surface area contributed by atoms with Crippen molar-refractivity contribution in [3.8, 4) is 0 Å². The topological polar surface area (TPSA) is 166 Å². The Labute approximate surface area is 450 Å². The van der Waals surface area contributed by atoms with Crippen LogP contribution in [0.2, 0.25) is 12.1 Å². The highest BCUT2D eigenvalue weighted by Crippen LogP contribution is 2.24. The van der Waals surface area contributed by atoms with Gasteiger partial charge in [0.15, 0.2) is 0 Å². The van der Waals surface area contributed by atoms with E-state index in [4.69, 9.17) is 46.5 Å². The van der Waals surface area contributed by atoms with Crippen LogP contribution in [0.15, 0.2) is 116 Å². The van der Waals surface area contributed by atoms with E-state index in [9.17, 15) is 20.2 Å². The number of non-ortho nitro benzene ring substituents is 1. The lowest BCUT2D eigenvalue weighted by molar-refractivity contribution is -0.394. The summed E-state index contributed by atoms with van der Waals surface area (Å²) in [5, 5.41) is 28.0. The van der Waals surface area contributed by atoms with Gasteiger partial charge in [-0.2, -0.15) is 10.2 Å². The highest BCUT2D eigenvalue weighted by Gasteiger charge is 2.34. The van der Waals surface area contributed by atoms with Gasteiger partial charge in [-0.05, 0) is 70.0 Å². The summed E-state index contributed by atoms with van der Waals surface area (Å²) in [5.74, 6) is 0.822. The number of nitro groups is 2. The van der Waals surface area contributed by atoms with Gasteiger partial charge in [0.05, 0.1) is 21.6 Å². The Morgan fingerprint density at radius 1 is 0.549 bits per heavy atom. The lowest BCUT2D eigenvalue weighted by atomic mass is 10.2. The van der Waals surface area contributed by atoms with E-state index in [1.165, 1.54) is 30.2 Å². The van der Waals surface area contributed by atoms with Crippen molar-refractivity contribution < 1.29 is 23.1 Å². The van der Waals surface area contributed by atoms with Crippen LogP contribution in [0.4, 0.5) is 11.4 Å². The third-order valence-electron chi connectivity index (χ3n) is 6.96. The fraction of sp³-hybridized carbons (Fsp3) is 0.509. The number of hydrogen-bond donors (Lipinski definition) is 0. The van der Waals surface area contributed by atoms with Gasteiger partial charge < -0.3 is 13.3 Å². The summed E-state index contributed by atoms with van der Waals surface area (Å²) in [6.45, 7) is 37.4. The Morgan fingerprint density at radius 3 is 1.15 bits per heavy atom. The molecule has 3 aromatic carbocycles. The number of aromatic nitrogens is 4. The zero-order valence-electron chi connectivity index (χ0n) is 46.3. The maximum absolute atomic E-state index is 10.4. The van der Waals surface area contributed by atoms with Crippen molar-refractivity contribution in [1.29, 1.82) is 0 Å². The lowest BCUT2D eigenvalue weighted by Crippen LogP contribution is -2.41. The van der Waals surface area contributed by atoms with Gasteiger partial charge in [-0.15, -0.1) is 33.2 Å². The van der Waals surface area contributed by atoms with Crippen molar-refractivity contribution in [3.05, 3.63) is 164 Å². The molecule has 2 aromatic heterocycles. The van der Waals surface area contributed by atoms with Gasteiger partial charge in [0.2, 0.25) is 0 Å². The fourth-order valence-corrected chi connectivity index (χ4v) is 4.96. The van der Waals surface area contributed by atoms with Gasteiger partial charge in [0.1, 0.15) is 5.82 Å². The molecular formula is C53H99Cl3N6O7Si2. The summed E-state index contributed by atoms with van der Waals surface area (Å²) in [4.78, 5) is 27.1. The highest BCUT2D eigenvalue weighted by molar-refractivity contribution is 7.64. The van der Waals surface area contributed by atoms with Crippen LogP contribution in [0.3, 0.4) is 0 Å². The summed E-state index contributed by atoms with van der Waals surface area (Å²) in [7, 11) is 2.65. The SMILES string of the molecule is C.C.CC.CC.CC.CC.CC.CC.CC[Si](Cl)(Cl)Cl.CC[Si](OC)(OC)OC.CCc1ccccc1.Cc1ccc([N+](=O)[O-])cc1[N+](=O)[O-].Cc1ccccc1.Cc1cccnn1.Cc1ncccn1. The molecule has 0 spiro atoms. The highest BCUT2D eigenvalue weighted by atomic mass is 35.8. The molecule has 0 aliphatic rings. The predicted octanol–water partition coefficient (Wildman–Crippen LogP) is 18.6. The van der Waals surface area contributed by atoms with Gasteiger partial charge >= 0.3 is 14.8 Å². The molecule has 0 N–H and O–H groups in total. The molecule has 18 heteroatoms. The molecule has 0 saturated heterocycles. The Bertz CT molecular complexity index is 1650. The zero-order chi connectivity index (χ0) is 55.7. The minimum Gasteiger partial charge on any atom is -0.377 e. The van der Waals surface area contributed by atoms with Crippen LogP contribution in [0.1, 0.15) is 147 Å². The van der Waals surface area contributed by atoms with Crippen LogP contribution >= 0.6 is 33.2 Å². The average molecular weight is 1090 g/mol. The lowest BCUT2D eigenvalue weighted by Gasteiger charge is -2.22. The summed E-state index contributed by atoms with van der Waals surface area (Å²) in [6, 6.07) is 29.1. The Balaban J connectivity index is -0.0000000741. The van der Waals surface area contributed by atoms with Crippen LogP contribution in [-0.2, 0) is 19.7 Å². The van der Waals surface area contributed by atoms with Gasteiger partial charge in [-0.3, -0.25) is 20.2 Å². The van der Waals surface area contributed by atoms with E-state index in [0.29, 0.717) is 11.6 Å². The Morgan fingerprint density at radius 2 is 0.958 bits per heavy atom. The summed E-state index contributed by atoms with van der Waals surface area (Å²) in [6.07, 6.45) is 6.25. The Hall–Kier alpha value is -4.20. The van der Waals surface area contributed by atoms with E-state index in [1.54, 1.807) is 46.0 Å². The molecule has 5 aromatic rings. The number of nitro benzene ring substituents is 2. The van der Waals surface area contributed by atoms with Gasteiger partial charge in [-0.25, -0.2) is 9.97 Å². The Kier molecular flexibility index (Phi) is 85.7. The predicted molar refractivity (Wildman–Crippen MR) is 318 cm³/mol. The van der Waals surface area contributed by atoms with Gasteiger partial charge in [0.25, 0.3) is 11.4 Å². The van der Waals surface area contributed by atoms with Crippen LogP contribution in [0.5, 0.6) is 0 Å². The first-order chi connectivity index (χ1) is 32.9. The summed E-state index contributed by atoms with van der Waals surface area (Å²) >= 11 is 16.2. The molecule has 0 radical (unpaired) electrons. The maximum Gasteiger partial charge on any atom is 0.499 e. The van der Waals surface area contributed by atoms with Crippen molar-refractivity contribution in [1.82, 2.24) is 20.2 Å². The van der Waals surface area contributed by atoms with Crippen molar-refractivity contribution >= 4 is 59.4 Å². The molecule has 0 bridgehead atoms. The molecule has 0 unspecified atom stereocenters. The van der Waals surface area contributed by atoms with Gasteiger partial charge in [-0.1, -0.05) is 185 Å². The zero-order valence-corrected chi connectivity index (χ0v) is 50.5. The molecule has 0 aliphatic heterocycles. The summed E-state index contributed by atoms with van der Waals surface area (Å²) < 4.78 is 15.2. The molecule has 5 rings (SSSR count). The van der Waals surface area contributed by atoms with Crippen LogP contribution in [0.25, 0.3) is 0 Å². The molecule has 0 fully saturated rings. The molecular weight excluding hydrogens is 995 g/mol. The number of rotatable bonds is 8. The first-order valence-corrected chi connectivity index (χ1v) is 30.8. The quantitative estimate of drug-likeness (QED) is 0.0628. The second-order valence-corrected chi connectivity index (χ2v) is 24.0. The van der Waals surface area contributed by atoms with Crippen molar-refractivity contribution in [2.24, 2.45) is 0 Å². The number of nitrogens with zero attached hydrogens (tertiary/aromatic N) is 6. The average Bonchev–Trinajstić information content (AvgIpc) is 3.40. The van der Waals surface area contributed by atoms with Crippen LogP contribution in [-0.4, -0.2) is 66.1 Å². The number of halogens is 3. The molecule has 0 atom stereocenters. The largest absolute Gasteiger partial charge is 0.499 e. The molecule has 0 amide bonds. The van der Waals surface area contributed by atoms with E-state index >= 15 is 0 Å². The number of aryl methyl sites for hydroxylation is 5. The molecule has 0 aliphatic carbocycles. The van der Waals surface area contributed by atoms with Crippen molar-refractivity contribution in [3.63, 3.8) is 0 Å². The van der Waals surface area contributed by atoms with E-state index in [1.807, 2.05) is 147 Å². The first kappa shape index (κ1) is 89.6. The van der Waals surface area contributed by atoms with Gasteiger partial charge in [0, 0.05) is 57.6 Å². The minimum absolute atomic E-state index is 0. The van der Waals surface area contributed by atoms with Crippen molar-refractivity contribution in [2.75, 3.05) is 21.3 Å². The van der Waals surface area contributed by atoms with Crippen LogP contribution < -0.4 is 0 Å². The van der Waals surface area contributed by atoms with E-state index in [0.717, 1.165) is 30.0 Å². The van der Waals surface area contributed by atoms with Crippen molar-refractivity contribution in [2.45, 2.75) is 165 Å². The first-order valence-electron chi connectivity index (χ1n) is 23.6. The minimum atomic E-state index is -2.21. The molecule has 0 saturated carbocycles. The third kappa shape index (κ3) is 61.9. The van der Waals surface area contributed by atoms with E-state index in [2.05, 4.69) is 70.4 Å². The molecule has 412 valence electrons. The standard InChI is InChI=1S/C8H10.C7H6N2O4.C7H8.2C5H6N2.C5H14O3Si.C2H5Cl3Si.6C2H6.2CH4/c1-2-8-6-4-3-5-7-8;1-5-2-3-6(8(10)11)4-7(5)9(12)13;1-7-5-3-2-4-6-7;1-5-6-3-2-4-7-5;1-5-3-2-4-6-7-5;1-5-9(6-2,7-3)8-4;1-2-6(3,4)5;6*1-2;;/h3-7H,2H2,1H3;2-4H,1H3;2-6H,1H3;2*2-4H,1H3;5H2,1-4H3;2H2,1H3;6*1-2H3;2*1H4. The maximum atomic E-state index is 10.4. The second-order valence-electron chi connectivity index (χ2n) is 11.3. The smallest absolute Gasteiger partial charge is 0.377 e. The number of hydrogen-bond acceptors (Lipinski definition) is 11. The number of benzene rings is 3. The molecule has 2 heterocycles. The van der Waals surface area contributed by atoms with E-state index in [-0.39, 0.29) is 26.2 Å². The third-order valence-corrected chi connectivity index (χ3v) is 12.9. The summed E-state index contributed by atoms with van der Waals surface area (Å²) in [5.41, 5.74) is 3.61. The second kappa shape index (κ2) is 67.9. The fourth-order valence-electron chi connectivity index (χ4n) is 3.59. The molecule has 71 heavy (non-hydrogen) atoms. The monoisotopic (exact) mass is 1090 g/mol. The normalized spacial score (nSPS) is 8.41.